The van der Waals surface area contributed by atoms with Crippen LogP contribution in [0.15, 0.2) is 23.1 Å². The van der Waals surface area contributed by atoms with Crippen molar-refractivity contribution in [2.75, 3.05) is 0 Å². The molecule has 0 heterocycles. The van der Waals surface area contributed by atoms with E-state index in [2.05, 4.69) is 0 Å². The molecule has 5 nitrogen and oxygen atoms in total. The van der Waals surface area contributed by atoms with Crippen LogP contribution in [-0.2, 0) is 14.8 Å². The highest BCUT2D eigenvalue weighted by Gasteiger charge is 2.27. The number of hydrogen-bond donors (Lipinski definition) is 2. The quantitative estimate of drug-likeness (QED) is 0.805. The van der Waals surface area contributed by atoms with Crippen molar-refractivity contribution in [1.29, 1.82) is 0 Å². The fourth-order valence-electron chi connectivity index (χ4n) is 1.57. The van der Waals surface area contributed by atoms with E-state index in [0.717, 1.165) is 6.07 Å². The molecule has 0 aliphatic heterocycles. The zero-order valence-electron chi connectivity index (χ0n) is 10.8. The summed E-state index contributed by atoms with van der Waals surface area (Å²) in [5, 5.41) is 8.94. The number of benzene rings is 1. The highest BCUT2D eigenvalue weighted by molar-refractivity contribution is 7.89. The Morgan fingerprint density at radius 1 is 1.40 bits per heavy atom. The van der Waals surface area contributed by atoms with Gasteiger partial charge in [0.25, 0.3) is 0 Å². The predicted octanol–water partition coefficient (Wildman–Crippen LogP) is 1.89. The first-order valence-electron chi connectivity index (χ1n) is 5.98. The number of rotatable bonds is 7. The zero-order chi connectivity index (χ0) is 15.3. The van der Waals surface area contributed by atoms with E-state index < -0.39 is 38.6 Å². The van der Waals surface area contributed by atoms with E-state index in [0.29, 0.717) is 25.0 Å². The molecule has 0 unspecified atom stereocenters. The molecule has 0 aliphatic rings. The van der Waals surface area contributed by atoms with E-state index in [-0.39, 0.29) is 6.42 Å². The standard InChI is InChI=1S/C12H15F2NO4S/c1-2-3-4-10(12(16)17)15-20(18,19)11-7-8(13)5-6-9(11)14/h5-7,10,15H,2-4H2,1H3,(H,16,17)/t10-/m0/s1. The van der Waals surface area contributed by atoms with E-state index in [1.54, 1.807) is 0 Å². The van der Waals surface area contributed by atoms with Crippen LogP contribution in [0.3, 0.4) is 0 Å². The van der Waals surface area contributed by atoms with E-state index in [1.165, 1.54) is 0 Å². The third-order valence-electron chi connectivity index (χ3n) is 2.62. The van der Waals surface area contributed by atoms with Crippen LogP contribution in [0, 0.1) is 11.6 Å². The largest absolute Gasteiger partial charge is 0.480 e. The third kappa shape index (κ3) is 4.24. The van der Waals surface area contributed by atoms with Crippen molar-refractivity contribution in [3.8, 4) is 0 Å². The summed E-state index contributed by atoms with van der Waals surface area (Å²) in [6.07, 6.45) is 1.24. The van der Waals surface area contributed by atoms with Crippen LogP contribution in [0.5, 0.6) is 0 Å². The van der Waals surface area contributed by atoms with Crippen molar-refractivity contribution in [3.05, 3.63) is 29.8 Å². The van der Waals surface area contributed by atoms with Crippen molar-refractivity contribution in [2.45, 2.75) is 37.1 Å². The summed E-state index contributed by atoms with van der Waals surface area (Å²) < 4.78 is 52.1. The van der Waals surface area contributed by atoms with Crippen molar-refractivity contribution in [2.24, 2.45) is 0 Å². The summed E-state index contributed by atoms with van der Waals surface area (Å²) in [7, 11) is -4.43. The van der Waals surface area contributed by atoms with Gasteiger partial charge in [0.2, 0.25) is 10.0 Å². The minimum atomic E-state index is -4.43. The van der Waals surface area contributed by atoms with Crippen LogP contribution in [0.4, 0.5) is 8.78 Å². The first-order chi connectivity index (χ1) is 9.27. The van der Waals surface area contributed by atoms with Crippen LogP contribution < -0.4 is 4.72 Å². The lowest BCUT2D eigenvalue weighted by Crippen LogP contribution is -2.41. The maximum atomic E-state index is 13.4. The molecule has 1 aromatic rings. The molecule has 112 valence electrons. The maximum absolute atomic E-state index is 13.4. The molecule has 1 aromatic carbocycles. The molecule has 1 rings (SSSR count). The average Bonchev–Trinajstić information content (AvgIpc) is 2.36. The van der Waals surface area contributed by atoms with Gasteiger partial charge >= 0.3 is 5.97 Å². The van der Waals surface area contributed by atoms with Crippen LogP contribution in [0.2, 0.25) is 0 Å². The first-order valence-corrected chi connectivity index (χ1v) is 7.46. The highest BCUT2D eigenvalue weighted by atomic mass is 32.2. The van der Waals surface area contributed by atoms with Gasteiger partial charge in [-0.25, -0.2) is 17.2 Å². The van der Waals surface area contributed by atoms with Gasteiger partial charge in [0.15, 0.2) is 0 Å². The minimum Gasteiger partial charge on any atom is -0.480 e. The zero-order valence-corrected chi connectivity index (χ0v) is 11.6. The number of unbranched alkanes of at least 4 members (excludes halogenated alkanes) is 1. The monoisotopic (exact) mass is 307 g/mol. The molecular formula is C12H15F2NO4S. The lowest BCUT2D eigenvalue weighted by molar-refractivity contribution is -0.139. The van der Waals surface area contributed by atoms with E-state index in [4.69, 9.17) is 5.11 Å². The number of halogens is 2. The lowest BCUT2D eigenvalue weighted by atomic mass is 10.1. The lowest BCUT2D eigenvalue weighted by Gasteiger charge is -2.14. The van der Waals surface area contributed by atoms with Crippen LogP contribution in [0.1, 0.15) is 26.2 Å². The Kier molecular flexibility index (Phi) is 5.58. The molecule has 0 aliphatic carbocycles. The smallest absolute Gasteiger partial charge is 0.321 e. The van der Waals surface area contributed by atoms with Crippen molar-refractivity contribution < 1.29 is 27.1 Å². The van der Waals surface area contributed by atoms with Gasteiger partial charge in [-0.15, -0.1) is 0 Å². The second-order valence-corrected chi connectivity index (χ2v) is 5.91. The Morgan fingerprint density at radius 2 is 2.05 bits per heavy atom. The maximum Gasteiger partial charge on any atom is 0.321 e. The Bertz CT molecular complexity index is 589. The molecule has 0 bridgehead atoms. The molecule has 0 amide bonds. The fourth-order valence-corrected chi connectivity index (χ4v) is 2.89. The normalized spacial score (nSPS) is 13.2. The molecular weight excluding hydrogens is 292 g/mol. The number of carbonyl (C=O) groups is 1. The van der Waals surface area contributed by atoms with Gasteiger partial charge in [-0.05, 0) is 24.6 Å². The van der Waals surface area contributed by atoms with Gasteiger partial charge < -0.3 is 5.11 Å². The molecule has 0 saturated carbocycles. The molecule has 1 atom stereocenters. The minimum absolute atomic E-state index is 0.0714. The fraction of sp³-hybridized carbons (Fsp3) is 0.417. The molecule has 8 heteroatoms. The van der Waals surface area contributed by atoms with E-state index >= 15 is 0 Å². The Hall–Kier alpha value is -1.54. The molecule has 0 radical (unpaired) electrons. The first kappa shape index (κ1) is 16.5. The SMILES string of the molecule is CCCC[C@H](NS(=O)(=O)c1cc(F)ccc1F)C(=O)O. The Morgan fingerprint density at radius 3 is 2.60 bits per heavy atom. The number of carboxylic acids is 1. The summed E-state index contributed by atoms with van der Waals surface area (Å²) >= 11 is 0. The van der Waals surface area contributed by atoms with Crippen molar-refractivity contribution >= 4 is 16.0 Å². The second kappa shape index (κ2) is 6.76. The summed E-state index contributed by atoms with van der Waals surface area (Å²) in [4.78, 5) is 10.1. The highest BCUT2D eigenvalue weighted by Crippen LogP contribution is 2.17. The number of hydrogen-bond acceptors (Lipinski definition) is 3. The second-order valence-electron chi connectivity index (χ2n) is 4.23. The summed E-state index contributed by atoms with van der Waals surface area (Å²) in [6.45, 7) is 1.82. The van der Waals surface area contributed by atoms with Gasteiger partial charge in [0.05, 0.1) is 0 Å². The van der Waals surface area contributed by atoms with Crippen LogP contribution in [-0.4, -0.2) is 25.5 Å². The number of aliphatic carboxylic acids is 1. The summed E-state index contributed by atoms with van der Waals surface area (Å²) in [5.41, 5.74) is 0. The average molecular weight is 307 g/mol. The molecule has 2 N–H and O–H groups in total. The Labute approximate surface area is 115 Å². The molecule has 0 spiro atoms. The molecule has 20 heavy (non-hydrogen) atoms. The van der Waals surface area contributed by atoms with Gasteiger partial charge in [-0.2, -0.15) is 4.72 Å². The number of sulfonamides is 1. The molecule has 0 aromatic heterocycles. The van der Waals surface area contributed by atoms with Gasteiger partial charge in [0.1, 0.15) is 22.6 Å². The van der Waals surface area contributed by atoms with Crippen LogP contribution in [0.25, 0.3) is 0 Å². The van der Waals surface area contributed by atoms with Gasteiger partial charge in [0, 0.05) is 0 Å². The number of nitrogens with one attached hydrogen (secondary N) is 1. The van der Waals surface area contributed by atoms with E-state index in [1.807, 2.05) is 11.6 Å². The van der Waals surface area contributed by atoms with Gasteiger partial charge in [-0.1, -0.05) is 19.8 Å². The predicted molar refractivity (Wildman–Crippen MR) is 67.6 cm³/mol. The summed E-state index contributed by atoms with van der Waals surface area (Å²) in [6, 6.07) is 0.588. The third-order valence-corrected chi connectivity index (χ3v) is 4.11. The van der Waals surface area contributed by atoms with Crippen molar-refractivity contribution in [1.82, 2.24) is 4.72 Å². The van der Waals surface area contributed by atoms with Crippen LogP contribution >= 0.6 is 0 Å². The summed E-state index contributed by atoms with van der Waals surface area (Å²) in [5.74, 6) is -3.43. The van der Waals surface area contributed by atoms with E-state index in [9.17, 15) is 22.0 Å². The Balaban J connectivity index is 3.03. The molecule has 0 fully saturated rings. The topological polar surface area (TPSA) is 83.5 Å². The van der Waals surface area contributed by atoms with Crippen molar-refractivity contribution in [3.63, 3.8) is 0 Å². The molecule has 0 saturated heterocycles. The number of carboxylic acid groups (broad SMARTS) is 1. The van der Waals surface area contributed by atoms with Gasteiger partial charge in [-0.3, -0.25) is 4.79 Å².